The van der Waals surface area contributed by atoms with Crippen LogP contribution >= 0.6 is 0 Å². The van der Waals surface area contributed by atoms with Gasteiger partial charge in [0.15, 0.2) is 21.3 Å². The molecule has 1 amide bonds. The third-order valence-electron chi connectivity index (χ3n) is 5.09. The number of sulfone groups is 1. The first-order valence-corrected chi connectivity index (χ1v) is 10.2. The first kappa shape index (κ1) is 24.3. The third-order valence-corrected chi connectivity index (χ3v) is 6.79. The van der Waals surface area contributed by atoms with Crippen LogP contribution in [0.1, 0.15) is 13.3 Å². The smallest absolute Gasteiger partial charge is 0.543 e. The normalized spacial score (nSPS) is 21.8. The Morgan fingerprint density at radius 3 is 2.45 bits per heavy atom. The van der Waals surface area contributed by atoms with Crippen molar-refractivity contribution in [3.63, 3.8) is 0 Å². The molecule has 3 atom stereocenters. The molecule has 1 aromatic rings. The second-order valence-corrected chi connectivity index (χ2v) is 8.75. The number of carboxylic acids is 1. The minimum absolute atomic E-state index is 0. The van der Waals surface area contributed by atoms with Gasteiger partial charge in [0.2, 0.25) is 5.91 Å². The molecule has 1 fully saturated rings. The fourth-order valence-corrected chi connectivity index (χ4v) is 5.24. The van der Waals surface area contributed by atoms with Crippen molar-refractivity contribution in [1.29, 1.82) is 0 Å². The number of carbonyl (C=O) groups excluding carboxylic acids is 2. The molecule has 0 aromatic heterocycles. The zero-order valence-electron chi connectivity index (χ0n) is 16.5. The Hall–Kier alpha value is -0.954. The number of aliphatic carboxylic acids is 1. The standard InChI is InChI=1S/C18H21NO8S.K/c1-9(20)15-12-6-10(16(18(22)23)19(12)17(15)21)8-28(24,25)11-4-5-13(26-2)14(7-11)27-3;/h4-5,7,9,12,15,20H,6,8H2,1-3H3,(H,22,23);/q;+1/p-1/t9-,12-,15+;/m1./s1. The van der Waals surface area contributed by atoms with Gasteiger partial charge >= 0.3 is 51.4 Å². The molecule has 0 unspecified atom stereocenters. The number of β-lactam (4-membered cyclic amide) rings is 1. The number of amides is 1. The molecular formula is C18H20KNO8S. The maximum absolute atomic E-state index is 12.9. The van der Waals surface area contributed by atoms with Crippen molar-refractivity contribution in [2.24, 2.45) is 5.92 Å². The topological polar surface area (TPSA) is 133 Å². The average Bonchev–Trinajstić information content (AvgIpc) is 2.94. The van der Waals surface area contributed by atoms with Crippen LogP contribution in [0.15, 0.2) is 34.4 Å². The Morgan fingerprint density at radius 2 is 1.93 bits per heavy atom. The van der Waals surface area contributed by atoms with Crippen LogP contribution in [-0.2, 0) is 19.4 Å². The van der Waals surface area contributed by atoms with Gasteiger partial charge in [0, 0.05) is 6.07 Å². The molecule has 2 aliphatic rings. The molecule has 11 heteroatoms. The Morgan fingerprint density at radius 1 is 1.31 bits per heavy atom. The second-order valence-electron chi connectivity index (χ2n) is 6.76. The first-order valence-electron chi connectivity index (χ1n) is 8.51. The first-order chi connectivity index (χ1) is 13.1. The zero-order valence-corrected chi connectivity index (χ0v) is 20.5. The number of aliphatic hydroxyl groups is 1. The second kappa shape index (κ2) is 9.04. The van der Waals surface area contributed by atoms with Gasteiger partial charge in [-0.2, -0.15) is 0 Å². The van der Waals surface area contributed by atoms with E-state index < -0.39 is 51.2 Å². The monoisotopic (exact) mass is 449 g/mol. The molecule has 3 rings (SSSR count). The Balaban J connectivity index is 0.00000300. The predicted molar refractivity (Wildman–Crippen MR) is 94.1 cm³/mol. The summed E-state index contributed by atoms with van der Waals surface area (Å²) in [5, 5.41) is 21.3. The molecule has 1 N–H and O–H groups in total. The van der Waals surface area contributed by atoms with E-state index in [0.29, 0.717) is 5.75 Å². The summed E-state index contributed by atoms with van der Waals surface area (Å²) in [5.41, 5.74) is -0.341. The van der Waals surface area contributed by atoms with Gasteiger partial charge in [-0.25, -0.2) is 8.42 Å². The number of hydrogen-bond acceptors (Lipinski definition) is 8. The van der Waals surface area contributed by atoms with Gasteiger partial charge in [-0.1, -0.05) is 0 Å². The number of nitrogens with zero attached hydrogens (tertiary/aromatic N) is 1. The van der Waals surface area contributed by atoms with Crippen LogP contribution in [0.4, 0.5) is 0 Å². The van der Waals surface area contributed by atoms with Crippen molar-refractivity contribution < 1.29 is 89.1 Å². The van der Waals surface area contributed by atoms with Gasteiger partial charge in [0.25, 0.3) is 0 Å². The minimum atomic E-state index is -3.93. The molecule has 0 aliphatic carbocycles. The summed E-state index contributed by atoms with van der Waals surface area (Å²) in [6.07, 6.45) is -0.907. The van der Waals surface area contributed by atoms with E-state index in [1.54, 1.807) is 0 Å². The molecule has 152 valence electrons. The van der Waals surface area contributed by atoms with Gasteiger partial charge in [-0.15, -0.1) is 0 Å². The molecule has 2 heterocycles. The van der Waals surface area contributed by atoms with Crippen molar-refractivity contribution in [3.05, 3.63) is 29.5 Å². The van der Waals surface area contributed by atoms with Gasteiger partial charge in [-0.05, 0) is 31.1 Å². The van der Waals surface area contributed by atoms with Crippen LogP contribution in [0.2, 0.25) is 0 Å². The number of hydrogen-bond donors (Lipinski definition) is 1. The number of aliphatic hydroxyl groups excluding tert-OH is 1. The molecule has 0 spiro atoms. The molecule has 1 aromatic carbocycles. The van der Waals surface area contributed by atoms with E-state index in [0.717, 1.165) is 4.90 Å². The summed E-state index contributed by atoms with van der Waals surface area (Å²) >= 11 is 0. The molecule has 29 heavy (non-hydrogen) atoms. The van der Waals surface area contributed by atoms with E-state index in [1.165, 1.54) is 39.3 Å². The van der Waals surface area contributed by atoms with Crippen molar-refractivity contribution >= 4 is 21.7 Å². The summed E-state index contributed by atoms with van der Waals surface area (Å²) < 4.78 is 35.9. The summed E-state index contributed by atoms with van der Waals surface area (Å²) in [6, 6.07) is 3.50. The number of ether oxygens (including phenoxy) is 2. The van der Waals surface area contributed by atoms with Crippen LogP contribution < -0.4 is 66.0 Å². The van der Waals surface area contributed by atoms with E-state index in [1.807, 2.05) is 0 Å². The Labute approximate surface area is 211 Å². The van der Waals surface area contributed by atoms with E-state index in [-0.39, 0.29) is 74.0 Å². The van der Waals surface area contributed by atoms with Gasteiger partial charge in [0.05, 0.1) is 54.6 Å². The number of methoxy groups -OCH3 is 2. The van der Waals surface area contributed by atoms with E-state index in [4.69, 9.17) is 9.47 Å². The van der Waals surface area contributed by atoms with Crippen molar-refractivity contribution in [3.8, 4) is 11.5 Å². The SMILES string of the molecule is COc1ccc(S(=O)(=O)CC2=C(C(=O)[O-])N3C(=O)[C@@H]([C@@H](C)O)[C@H]3C2)cc1OC.[K+]. The zero-order chi connectivity index (χ0) is 20.8. The number of fused-ring (bicyclic) bond motifs is 1. The van der Waals surface area contributed by atoms with Crippen LogP contribution in [0.5, 0.6) is 11.5 Å². The van der Waals surface area contributed by atoms with Crippen LogP contribution in [0.25, 0.3) is 0 Å². The van der Waals surface area contributed by atoms with Gasteiger partial charge in [0.1, 0.15) is 0 Å². The number of rotatable bonds is 7. The fraction of sp³-hybridized carbons (Fsp3) is 0.444. The molecule has 0 radical (unpaired) electrons. The predicted octanol–water partition coefficient (Wildman–Crippen LogP) is -3.90. The van der Waals surface area contributed by atoms with Gasteiger partial charge < -0.3 is 29.4 Å². The van der Waals surface area contributed by atoms with Crippen LogP contribution in [0, 0.1) is 5.92 Å². The molecule has 0 bridgehead atoms. The number of benzene rings is 1. The largest absolute Gasteiger partial charge is 1.00 e. The maximum atomic E-state index is 12.9. The van der Waals surface area contributed by atoms with Crippen LogP contribution in [-0.4, -0.2) is 62.4 Å². The molecule has 0 saturated carbocycles. The van der Waals surface area contributed by atoms with E-state index in [2.05, 4.69) is 0 Å². The summed E-state index contributed by atoms with van der Waals surface area (Å²) in [7, 11) is -1.14. The van der Waals surface area contributed by atoms with Crippen molar-refractivity contribution in [1.82, 2.24) is 4.90 Å². The quantitative estimate of drug-likeness (QED) is 0.330. The Kier molecular flexibility index (Phi) is 7.58. The molecule has 2 aliphatic heterocycles. The van der Waals surface area contributed by atoms with Crippen LogP contribution in [0.3, 0.4) is 0 Å². The van der Waals surface area contributed by atoms with Crippen molar-refractivity contribution in [2.45, 2.75) is 30.4 Å². The van der Waals surface area contributed by atoms with E-state index in [9.17, 15) is 28.2 Å². The number of carboxylic acid groups (broad SMARTS) is 1. The average molecular weight is 450 g/mol. The molecule has 1 saturated heterocycles. The summed E-state index contributed by atoms with van der Waals surface area (Å²) in [6.45, 7) is 1.44. The molecular weight excluding hydrogens is 429 g/mol. The molecule has 9 nitrogen and oxygen atoms in total. The Bertz CT molecular complexity index is 972. The van der Waals surface area contributed by atoms with E-state index >= 15 is 0 Å². The minimum Gasteiger partial charge on any atom is -0.543 e. The summed E-state index contributed by atoms with van der Waals surface area (Å²) in [4.78, 5) is 24.7. The fourth-order valence-electron chi connectivity index (χ4n) is 3.80. The summed E-state index contributed by atoms with van der Waals surface area (Å²) in [5.74, 6) is -2.92. The number of carbonyl (C=O) groups is 2. The third kappa shape index (κ3) is 4.27. The maximum Gasteiger partial charge on any atom is 1.00 e. The van der Waals surface area contributed by atoms with Crippen molar-refractivity contribution in [2.75, 3.05) is 20.0 Å². The van der Waals surface area contributed by atoms with Gasteiger partial charge in [-0.3, -0.25) is 4.79 Å².